The molecule has 3 N–H and O–H groups in total. The van der Waals surface area contributed by atoms with Crippen molar-refractivity contribution in [2.75, 3.05) is 6.61 Å². The van der Waals surface area contributed by atoms with E-state index in [1.165, 1.54) is 5.56 Å². The summed E-state index contributed by atoms with van der Waals surface area (Å²) in [6.07, 6.45) is 0. The van der Waals surface area contributed by atoms with Crippen LogP contribution in [0.5, 0.6) is 0 Å². The summed E-state index contributed by atoms with van der Waals surface area (Å²) >= 11 is 0. The standard InChI is InChI=1S/C11H13N3O2/c1-7-2-4-8(5-3-7)10-13-11(16-14-10)9(12)6-15/h2-5,9,15H,6,12H2,1H3. The molecule has 0 amide bonds. The van der Waals surface area contributed by atoms with Gasteiger partial charge < -0.3 is 15.4 Å². The molecular formula is C11H13N3O2. The average Bonchev–Trinajstić information content (AvgIpc) is 2.78. The highest BCUT2D eigenvalue weighted by molar-refractivity contribution is 5.54. The highest BCUT2D eigenvalue weighted by atomic mass is 16.5. The molecule has 2 rings (SSSR count). The van der Waals surface area contributed by atoms with E-state index in [9.17, 15) is 0 Å². The third-order valence-corrected chi connectivity index (χ3v) is 2.27. The molecule has 0 aliphatic carbocycles. The number of nitrogens with zero attached hydrogens (tertiary/aromatic N) is 2. The molecular weight excluding hydrogens is 206 g/mol. The van der Waals surface area contributed by atoms with Gasteiger partial charge in [0.25, 0.3) is 0 Å². The van der Waals surface area contributed by atoms with Gasteiger partial charge >= 0.3 is 0 Å². The molecule has 0 aliphatic heterocycles. The van der Waals surface area contributed by atoms with Crippen LogP contribution in [0.3, 0.4) is 0 Å². The van der Waals surface area contributed by atoms with Crippen LogP contribution in [-0.4, -0.2) is 21.9 Å². The van der Waals surface area contributed by atoms with Crippen molar-refractivity contribution in [3.05, 3.63) is 35.7 Å². The van der Waals surface area contributed by atoms with Crippen molar-refractivity contribution in [1.29, 1.82) is 0 Å². The normalized spacial score (nSPS) is 12.7. The molecule has 0 saturated carbocycles. The van der Waals surface area contributed by atoms with Crippen molar-refractivity contribution >= 4 is 0 Å². The molecule has 16 heavy (non-hydrogen) atoms. The monoisotopic (exact) mass is 219 g/mol. The van der Waals surface area contributed by atoms with Gasteiger partial charge in [-0.2, -0.15) is 4.98 Å². The average molecular weight is 219 g/mol. The summed E-state index contributed by atoms with van der Waals surface area (Å²) in [7, 11) is 0. The summed E-state index contributed by atoms with van der Waals surface area (Å²) in [5.74, 6) is 0.733. The van der Waals surface area contributed by atoms with Crippen molar-refractivity contribution < 1.29 is 9.63 Å². The SMILES string of the molecule is Cc1ccc(-c2noc(C(N)CO)n2)cc1. The zero-order valence-corrected chi connectivity index (χ0v) is 8.92. The van der Waals surface area contributed by atoms with Crippen LogP contribution in [0, 0.1) is 6.92 Å². The number of rotatable bonds is 3. The quantitative estimate of drug-likeness (QED) is 0.805. The minimum absolute atomic E-state index is 0.213. The van der Waals surface area contributed by atoms with Gasteiger partial charge in [0, 0.05) is 5.56 Å². The molecule has 0 spiro atoms. The maximum atomic E-state index is 8.85. The Morgan fingerprint density at radius 3 is 2.69 bits per heavy atom. The largest absolute Gasteiger partial charge is 0.394 e. The minimum Gasteiger partial charge on any atom is -0.394 e. The van der Waals surface area contributed by atoms with Gasteiger partial charge in [-0.3, -0.25) is 0 Å². The molecule has 0 bridgehead atoms. The Balaban J connectivity index is 2.28. The van der Waals surface area contributed by atoms with E-state index in [1.807, 2.05) is 31.2 Å². The Kier molecular flexibility index (Phi) is 2.98. The smallest absolute Gasteiger partial charge is 0.246 e. The van der Waals surface area contributed by atoms with Crippen molar-refractivity contribution in [3.8, 4) is 11.4 Å². The molecule has 1 unspecified atom stereocenters. The number of hydrogen-bond donors (Lipinski definition) is 2. The van der Waals surface area contributed by atoms with Crippen LogP contribution in [0.25, 0.3) is 11.4 Å². The lowest BCUT2D eigenvalue weighted by atomic mass is 10.1. The molecule has 1 aromatic carbocycles. The summed E-state index contributed by atoms with van der Waals surface area (Å²) in [6, 6.07) is 7.14. The first kappa shape index (κ1) is 10.8. The lowest BCUT2D eigenvalue weighted by Gasteiger charge is -1.98. The van der Waals surface area contributed by atoms with Crippen LogP contribution in [0.15, 0.2) is 28.8 Å². The van der Waals surface area contributed by atoms with E-state index in [2.05, 4.69) is 10.1 Å². The maximum Gasteiger partial charge on any atom is 0.246 e. The van der Waals surface area contributed by atoms with E-state index in [4.69, 9.17) is 15.4 Å². The van der Waals surface area contributed by atoms with Crippen LogP contribution in [0.1, 0.15) is 17.5 Å². The molecule has 2 aromatic rings. The number of aliphatic hydroxyl groups excluding tert-OH is 1. The van der Waals surface area contributed by atoms with Gasteiger partial charge in [-0.15, -0.1) is 0 Å². The third kappa shape index (κ3) is 2.10. The molecule has 84 valence electrons. The van der Waals surface area contributed by atoms with E-state index >= 15 is 0 Å². The van der Waals surface area contributed by atoms with Crippen LogP contribution in [0.2, 0.25) is 0 Å². The second-order valence-corrected chi connectivity index (χ2v) is 3.61. The first-order valence-electron chi connectivity index (χ1n) is 4.98. The van der Waals surface area contributed by atoms with Crippen molar-refractivity contribution in [1.82, 2.24) is 10.1 Å². The maximum absolute atomic E-state index is 8.85. The first-order chi connectivity index (χ1) is 7.70. The summed E-state index contributed by atoms with van der Waals surface area (Å²) in [5, 5.41) is 12.7. The summed E-state index contributed by atoms with van der Waals surface area (Å²) in [5.41, 5.74) is 7.60. The van der Waals surface area contributed by atoms with Crippen LogP contribution in [-0.2, 0) is 0 Å². The molecule has 1 atom stereocenters. The molecule has 1 heterocycles. The zero-order chi connectivity index (χ0) is 11.5. The van der Waals surface area contributed by atoms with E-state index in [0.717, 1.165) is 5.56 Å². The predicted octanol–water partition coefficient (Wildman–Crippen LogP) is 1.04. The second kappa shape index (κ2) is 4.42. The molecule has 0 radical (unpaired) electrons. The van der Waals surface area contributed by atoms with Crippen LogP contribution >= 0.6 is 0 Å². The fourth-order valence-corrected chi connectivity index (χ4v) is 1.28. The molecule has 5 heteroatoms. The minimum atomic E-state index is -0.619. The Morgan fingerprint density at radius 2 is 2.06 bits per heavy atom. The Hall–Kier alpha value is -1.72. The van der Waals surface area contributed by atoms with Gasteiger partial charge in [0.2, 0.25) is 11.7 Å². The lowest BCUT2D eigenvalue weighted by molar-refractivity contribution is 0.237. The summed E-state index contributed by atoms with van der Waals surface area (Å²) in [6.45, 7) is 1.79. The van der Waals surface area contributed by atoms with E-state index in [-0.39, 0.29) is 12.5 Å². The summed E-state index contributed by atoms with van der Waals surface area (Å²) < 4.78 is 4.96. The van der Waals surface area contributed by atoms with Gasteiger partial charge in [0.1, 0.15) is 6.04 Å². The number of nitrogens with two attached hydrogens (primary N) is 1. The molecule has 1 aromatic heterocycles. The number of aryl methyl sites for hydroxylation is 1. The van der Waals surface area contributed by atoms with E-state index in [0.29, 0.717) is 5.82 Å². The van der Waals surface area contributed by atoms with Gasteiger partial charge in [0.15, 0.2) is 0 Å². The summed E-state index contributed by atoms with van der Waals surface area (Å²) in [4.78, 5) is 4.12. The Bertz CT molecular complexity index is 464. The van der Waals surface area contributed by atoms with Gasteiger partial charge in [0.05, 0.1) is 6.61 Å². The first-order valence-corrected chi connectivity index (χ1v) is 4.98. The number of hydrogen-bond acceptors (Lipinski definition) is 5. The predicted molar refractivity (Wildman–Crippen MR) is 58.5 cm³/mol. The van der Waals surface area contributed by atoms with Crippen LogP contribution < -0.4 is 5.73 Å². The molecule has 0 aliphatic rings. The second-order valence-electron chi connectivity index (χ2n) is 3.61. The van der Waals surface area contributed by atoms with E-state index in [1.54, 1.807) is 0 Å². The van der Waals surface area contributed by atoms with Gasteiger partial charge in [-0.05, 0) is 6.92 Å². The molecule has 0 fully saturated rings. The Labute approximate surface area is 92.9 Å². The lowest BCUT2D eigenvalue weighted by Crippen LogP contribution is -2.14. The zero-order valence-electron chi connectivity index (χ0n) is 8.92. The van der Waals surface area contributed by atoms with Crippen molar-refractivity contribution in [2.45, 2.75) is 13.0 Å². The van der Waals surface area contributed by atoms with Gasteiger partial charge in [-0.1, -0.05) is 35.0 Å². The van der Waals surface area contributed by atoms with Crippen molar-refractivity contribution in [3.63, 3.8) is 0 Å². The highest BCUT2D eigenvalue weighted by Gasteiger charge is 2.14. The number of aliphatic hydroxyl groups is 1. The van der Waals surface area contributed by atoms with Crippen LogP contribution in [0.4, 0.5) is 0 Å². The van der Waals surface area contributed by atoms with Crippen molar-refractivity contribution in [2.24, 2.45) is 5.73 Å². The Morgan fingerprint density at radius 1 is 1.38 bits per heavy atom. The van der Waals surface area contributed by atoms with Gasteiger partial charge in [-0.25, -0.2) is 0 Å². The highest BCUT2D eigenvalue weighted by Crippen LogP contribution is 2.18. The fraction of sp³-hybridized carbons (Fsp3) is 0.273. The topological polar surface area (TPSA) is 85.2 Å². The number of aromatic nitrogens is 2. The third-order valence-electron chi connectivity index (χ3n) is 2.27. The molecule has 5 nitrogen and oxygen atoms in total. The fourth-order valence-electron chi connectivity index (χ4n) is 1.28. The number of benzene rings is 1. The molecule has 0 saturated heterocycles. The van der Waals surface area contributed by atoms with E-state index < -0.39 is 6.04 Å².